The van der Waals surface area contributed by atoms with Crippen molar-refractivity contribution in [2.75, 3.05) is 12.4 Å². The van der Waals surface area contributed by atoms with Gasteiger partial charge in [0.05, 0.1) is 23.0 Å². The Morgan fingerprint density at radius 3 is 2.91 bits per heavy atom. The van der Waals surface area contributed by atoms with Crippen LogP contribution in [0.25, 0.3) is 10.2 Å². The molecule has 0 unspecified atom stereocenters. The predicted molar refractivity (Wildman–Crippen MR) is 89.1 cm³/mol. The van der Waals surface area contributed by atoms with Crippen molar-refractivity contribution in [1.82, 2.24) is 10.1 Å². The van der Waals surface area contributed by atoms with Crippen LogP contribution < -0.4 is 10.1 Å². The lowest BCUT2D eigenvalue weighted by Crippen LogP contribution is -2.12. The van der Waals surface area contributed by atoms with E-state index in [0.717, 1.165) is 33.0 Å². The van der Waals surface area contributed by atoms with Gasteiger partial charge in [-0.15, -0.1) is 0 Å². The van der Waals surface area contributed by atoms with Crippen molar-refractivity contribution < 1.29 is 14.1 Å². The predicted octanol–water partition coefficient (Wildman–Crippen LogP) is 3.48. The Kier molecular flexibility index (Phi) is 4.29. The number of aromatic nitrogens is 2. The van der Waals surface area contributed by atoms with Gasteiger partial charge in [-0.3, -0.25) is 4.79 Å². The lowest BCUT2D eigenvalue weighted by atomic mass is 10.1. The number of hydrogen-bond acceptors (Lipinski definition) is 6. The quantitative estimate of drug-likeness (QED) is 0.774. The normalized spacial score (nSPS) is 10.9. The molecule has 0 saturated heterocycles. The Hall–Kier alpha value is -2.41. The SMILES string of the molecule is COc1ccc2nc(NC(=O)CCc3c(C)noc3C)sc2c1. The van der Waals surface area contributed by atoms with Crippen LogP contribution in [0.5, 0.6) is 5.75 Å². The fourth-order valence-electron chi connectivity index (χ4n) is 2.36. The van der Waals surface area contributed by atoms with Gasteiger partial charge in [0.1, 0.15) is 11.5 Å². The zero-order chi connectivity index (χ0) is 16.4. The van der Waals surface area contributed by atoms with Crippen molar-refractivity contribution in [3.8, 4) is 5.75 Å². The maximum Gasteiger partial charge on any atom is 0.226 e. The number of thiazole rings is 1. The van der Waals surface area contributed by atoms with E-state index in [1.807, 2.05) is 32.0 Å². The number of carbonyl (C=O) groups is 1. The van der Waals surface area contributed by atoms with Gasteiger partial charge in [0.25, 0.3) is 0 Å². The third-order valence-electron chi connectivity index (χ3n) is 3.63. The van der Waals surface area contributed by atoms with Gasteiger partial charge in [-0.05, 0) is 38.5 Å². The summed E-state index contributed by atoms with van der Waals surface area (Å²) in [7, 11) is 1.62. The maximum atomic E-state index is 12.1. The lowest BCUT2D eigenvalue weighted by molar-refractivity contribution is -0.116. The number of nitrogens with zero attached hydrogens (tertiary/aromatic N) is 2. The van der Waals surface area contributed by atoms with Crippen LogP contribution in [0, 0.1) is 13.8 Å². The highest BCUT2D eigenvalue weighted by Gasteiger charge is 2.13. The van der Waals surface area contributed by atoms with E-state index in [2.05, 4.69) is 15.5 Å². The molecular formula is C16H17N3O3S. The first-order valence-electron chi connectivity index (χ1n) is 7.23. The van der Waals surface area contributed by atoms with E-state index >= 15 is 0 Å². The Morgan fingerprint density at radius 1 is 1.39 bits per heavy atom. The van der Waals surface area contributed by atoms with Crippen molar-refractivity contribution in [3.63, 3.8) is 0 Å². The first kappa shape index (κ1) is 15.5. The van der Waals surface area contributed by atoms with E-state index in [4.69, 9.17) is 9.26 Å². The second kappa shape index (κ2) is 6.37. The second-order valence-corrected chi connectivity index (χ2v) is 6.23. The molecule has 0 fully saturated rings. The minimum Gasteiger partial charge on any atom is -0.497 e. The Morgan fingerprint density at radius 2 is 2.22 bits per heavy atom. The number of ether oxygens (including phenoxy) is 1. The third kappa shape index (κ3) is 3.34. The van der Waals surface area contributed by atoms with Gasteiger partial charge < -0.3 is 14.6 Å². The number of rotatable bonds is 5. The lowest BCUT2D eigenvalue weighted by Gasteiger charge is -2.01. The van der Waals surface area contributed by atoms with Gasteiger partial charge in [0.15, 0.2) is 5.13 Å². The van der Waals surface area contributed by atoms with Gasteiger partial charge in [-0.1, -0.05) is 16.5 Å². The summed E-state index contributed by atoms with van der Waals surface area (Å²) in [4.78, 5) is 16.5. The molecule has 7 heteroatoms. The standard InChI is InChI=1S/C16H17N3O3S/c1-9-12(10(2)22-19-9)5-7-15(20)18-16-17-13-6-4-11(21-3)8-14(13)23-16/h4,6,8H,5,7H2,1-3H3,(H,17,18,20). The van der Waals surface area contributed by atoms with Crippen LogP contribution in [0.2, 0.25) is 0 Å². The highest BCUT2D eigenvalue weighted by Crippen LogP contribution is 2.29. The van der Waals surface area contributed by atoms with E-state index < -0.39 is 0 Å². The minimum absolute atomic E-state index is 0.0731. The molecule has 0 aliphatic heterocycles. The molecule has 1 amide bonds. The van der Waals surface area contributed by atoms with Gasteiger partial charge in [0, 0.05) is 12.0 Å². The second-order valence-electron chi connectivity index (χ2n) is 5.20. The van der Waals surface area contributed by atoms with Crippen LogP contribution in [-0.2, 0) is 11.2 Å². The average Bonchev–Trinajstić information content (AvgIpc) is 3.07. The van der Waals surface area contributed by atoms with Crippen molar-refractivity contribution >= 4 is 32.6 Å². The van der Waals surface area contributed by atoms with E-state index in [1.165, 1.54) is 11.3 Å². The molecule has 120 valence electrons. The number of fused-ring (bicyclic) bond motifs is 1. The Labute approximate surface area is 137 Å². The van der Waals surface area contributed by atoms with Gasteiger partial charge in [-0.2, -0.15) is 0 Å². The summed E-state index contributed by atoms with van der Waals surface area (Å²) in [6, 6.07) is 5.64. The molecular weight excluding hydrogens is 314 g/mol. The fourth-order valence-corrected chi connectivity index (χ4v) is 3.27. The minimum atomic E-state index is -0.0731. The molecule has 3 rings (SSSR count). The number of aryl methyl sites for hydroxylation is 2. The largest absolute Gasteiger partial charge is 0.497 e. The van der Waals surface area contributed by atoms with Crippen LogP contribution in [0.3, 0.4) is 0 Å². The Bertz CT molecular complexity index is 834. The highest BCUT2D eigenvalue weighted by molar-refractivity contribution is 7.22. The molecule has 2 heterocycles. The zero-order valence-electron chi connectivity index (χ0n) is 13.2. The molecule has 6 nitrogen and oxygen atoms in total. The van der Waals surface area contributed by atoms with Crippen LogP contribution in [0.1, 0.15) is 23.4 Å². The number of benzene rings is 1. The average molecular weight is 331 g/mol. The van der Waals surface area contributed by atoms with E-state index in [0.29, 0.717) is 18.0 Å². The van der Waals surface area contributed by atoms with Gasteiger partial charge in [-0.25, -0.2) is 4.98 Å². The van der Waals surface area contributed by atoms with Crippen molar-refractivity contribution in [3.05, 3.63) is 35.2 Å². The summed E-state index contributed by atoms with van der Waals surface area (Å²) in [5, 5.41) is 7.34. The smallest absolute Gasteiger partial charge is 0.226 e. The highest BCUT2D eigenvalue weighted by atomic mass is 32.1. The molecule has 3 aromatic rings. The summed E-state index contributed by atoms with van der Waals surface area (Å²) >= 11 is 1.43. The number of amides is 1. The van der Waals surface area contributed by atoms with E-state index in [9.17, 15) is 4.79 Å². The molecule has 0 bridgehead atoms. The molecule has 0 spiro atoms. The summed E-state index contributed by atoms with van der Waals surface area (Å²) in [5.74, 6) is 1.47. The summed E-state index contributed by atoms with van der Waals surface area (Å²) in [6.07, 6.45) is 0.966. The monoisotopic (exact) mass is 331 g/mol. The molecule has 23 heavy (non-hydrogen) atoms. The van der Waals surface area contributed by atoms with Gasteiger partial charge >= 0.3 is 0 Å². The number of nitrogens with one attached hydrogen (secondary N) is 1. The molecule has 0 aliphatic rings. The van der Waals surface area contributed by atoms with E-state index in [-0.39, 0.29) is 5.91 Å². The Balaban J connectivity index is 1.66. The fraction of sp³-hybridized carbons (Fsp3) is 0.312. The molecule has 2 aromatic heterocycles. The summed E-state index contributed by atoms with van der Waals surface area (Å²) in [6.45, 7) is 3.73. The molecule has 1 aromatic carbocycles. The molecule has 0 aliphatic carbocycles. The van der Waals surface area contributed by atoms with Crippen molar-refractivity contribution in [1.29, 1.82) is 0 Å². The molecule has 1 N–H and O–H groups in total. The van der Waals surface area contributed by atoms with Crippen molar-refractivity contribution in [2.45, 2.75) is 26.7 Å². The number of hydrogen-bond donors (Lipinski definition) is 1. The third-order valence-corrected chi connectivity index (χ3v) is 4.56. The summed E-state index contributed by atoms with van der Waals surface area (Å²) in [5.41, 5.74) is 2.67. The van der Waals surface area contributed by atoms with Crippen LogP contribution in [0.4, 0.5) is 5.13 Å². The van der Waals surface area contributed by atoms with Crippen molar-refractivity contribution in [2.24, 2.45) is 0 Å². The van der Waals surface area contributed by atoms with Crippen LogP contribution >= 0.6 is 11.3 Å². The maximum absolute atomic E-state index is 12.1. The number of methoxy groups -OCH3 is 1. The van der Waals surface area contributed by atoms with Crippen LogP contribution in [-0.4, -0.2) is 23.2 Å². The molecule has 0 radical (unpaired) electrons. The molecule has 0 atom stereocenters. The van der Waals surface area contributed by atoms with Gasteiger partial charge in [0.2, 0.25) is 5.91 Å². The summed E-state index contributed by atoms with van der Waals surface area (Å²) < 4.78 is 11.3. The topological polar surface area (TPSA) is 77.2 Å². The number of anilines is 1. The first-order valence-corrected chi connectivity index (χ1v) is 8.04. The first-order chi connectivity index (χ1) is 11.1. The van der Waals surface area contributed by atoms with E-state index in [1.54, 1.807) is 7.11 Å². The zero-order valence-corrected chi connectivity index (χ0v) is 14.0. The molecule has 0 saturated carbocycles. The number of carbonyl (C=O) groups excluding carboxylic acids is 1. The van der Waals surface area contributed by atoms with Crippen LogP contribution in [0.15, 0.2) is 22.7 Å².